The average Bonchev–Trinajstić information content (AvgIpc) is 2.54. The summed E-state index contributed by atoms with van der Waals surface area (Å²) < 4.78 is 5.33. The molecular weight excluding hydrogens is 226 g/mol. The lowest BCUT2D eigenvalue weighted by atomic mass is 9.75. The van der Waals surface area contributed by atoms with Crippen LogP contribution in [0.3, 0.4) is 0 Å². The molecule has 0 bridgehead atoms. The number of carbonyl (C=O) groups excluding carboxylic acids is 1. The normalized spacial score (nSPS) is 29.9. The second-order valence-electron chi connectivity index (χ2n) is 6.52. The molecule has 0 aromatic heterocycles. The minimum Gasteiger partial charge on any atom is -0.447 e. The molecule has 0 heterocycles. The summed E-state index contributed by atoms with van der Waals surface area (Å²) in [6, 6.07) is 0. The zero-order valence-corrected chi connectivity index (χ0v) is 12.5. The lowest BCUT2D eigenvalue weighted by molar-refractivity contribution is -0.154. The van der Waals surface area contributed by atoms with Crippen molar-refractivity contribution in [2.45, 2.75) is 66.5 Å². The fourth-order valence-corrected chi connectivity index (χ4v) is 2.78. The van der Waals surface area contributed by atoms with Crippen molar-refractivity contribution in [3.05, 3.63) is 0 Å². The second-order valence-corrected chi connectivity index (χ2v) is 6.52. The molecular formula is C15H29NO2. The van der Waals surface area contributed by atoms with Crippen LogP contribution in [0.2, 0.25) is 0 Å². The Labute approximate surface area is 111 Å². The summed E-state index contributed by atoms with van der Waals surface area (Å²) >= 11 is 0. The molecule has 0 aromatic carbocycles. The summed E-state index contributed by atoms with van der Waals surface area (Å²) in [6.07, 6.45) is 3.60. The van der Waals surface area contributed by atoms with E-state index in [-0.39, 0.29) is 11.9 Å². The summed E-state index contributed by atoms with van der Waals surface area (Å²) in [7, 11) is 0. The van der Waals surface area contributed by atoms with Gasteiger partial charge < -0.3 is 4.74 Å². The van der Waals surface area contributed by atoms with Crippen LogP contribution < -0.4 is 5.73 Å². The van der Waals surface area contributed by atoms with E-state index in [1.54, 1.807) is 0 Å². The SMILES string of the molecule is CCC(C)C(=O)OC(N)CC1CCC(C)C1(C)C. The highest BCUT2D eigenvalue weighted by Gasteiger charge is 2.41. The van der Waals surface area contributed by atoms with E-state index in [1.165, 1.54) is 12.8 Å². The molecule has 0 saturated heterocycles. The molecule has 106 valence electrons. The zero-order valence-electron chi connectivity index (χ0n) is 12.5. The average molecular weight is 255 g/mol. The van der Waals surface area contributed by atoms with E-state index in [9.17, 15) is 4.79 Å². The Morgan fingerprint density at radius 2 is 2.06 bits per heavy atom. The molecule has 0 spiro atoms. The van der Waals surface area contributed by atoms with Crippen molar-refractivity contribution >= 4 is 5.97 Å². The van der Waals surface area contributed by atoms with Gasteiger partial charge in [0.05, 0.1) is 5.92 Å². The molecule has 1 aliphatic carbocycles. The van der Waals surface area contributed by atoms with Crippen molar-refractivity contribution in [2.75, 3.05) is 0 Å². The van der Waals surface area contributed by atoms with Crippen molar-refractivity contribution in [3.8, 4) is 0 Å². The summed E-state index contributed by atoms with van der Waals surface area (Å²) in [5.41, 5.74) is 6.28. The molecule has 4 atom stereocenters. The number of hydrogen-bond donors (Lipinski definition) is 1. The van der Waals surface area contributed by atoms with Gasteiger partial charge >= 0.3 is 5.97 Å². The van der Waals surface area contributed by atoms with Crippen LogP contribution in [0, 0.1) is 23.2 Å². The minimum atomic E-state index is -0.443. The summed E-state index contributed by atoms with van der Waals surface area (Å²) in [5.74, 6) is 1.08. The van der Waals surface area contributed by atoms with Crippen molar-refractivity contribution in [2.24, 2.45) is 28.9 Å². The van der Waals surface area contributed by atoms with Gasteiger partial charge in [-0.05, 0) is 36.5 Å². The molecule has 0 aromatic rings. The Bertz CT molecular complexity index is 288. The minimum absolute atomic E-state index is 0.0495. The first-order valence-electron chi connectivity index (χ1n) is 7.25. The monoisotopic (exact) mass is 255 g/mol. The van der Waals surface area contributed by atoms with Gasteiger partial charge in [-0.15, -0.1) is 0 Å². The molecule has 0 radical (unpaired) electrons. The number of hydrogen-bond acceptors (Lipinski definition) is 3. The lowest BCUT2D eigenvalue weighted by Gasteiger charge is -2.32. The van der Waals surface area contributed by atoms with Crippen LogP contribution in [-0.4, -0.2) is 12.2 Å². The maximum Gasteiger partial charge on any atom is 0.310 e. The Morgan fingerprint density at radius 1 is 1.44 bits per heavy atom. The van der Waals surface area contributed by atoms with Gasteiger partial charge in [0.2, 0.25) is 0 Å². The van der Waals surface area contributed by atoms with E-state index in [4.69, 9.17) is 10.5 Å². The number of nitrogens with two attached hydrogens (primary N) is 1. The van der Waals surface area contributed by atoms with Gasteiger partial charge in [0.15, 0.2) is 6.23 Å². The zero-order chi connectivity index (χ0) is 13.9. The van der Waals surface area contributed by atoms with Crippen LogP contribution in [0.1, 0.15) is 60.3 Å². The highest BCUT2D eigenvalue weighted by Crippen LogP contribution is 2.48. The fourth-order valence-electron chi connectivity index (χ4n) is 2.78. The van der Waals surface area contributed by atoms with E-state index in [1.807, 2.05) is 13.8 Å². The second kappa shape index (κ2) is 6.05. The van der Waals surface area contributed by atoms with Gasteiger partial charge in [0.1, 0.15) is 0 Å². The third-order valence-electron chi connectivity index (χ3n) is 5.07. The summed E-state index contributed by atoms with van der Waals surface area (Å²) in [6.45, 7) is 10.8. The number of esters is 1. The van der Waals surface area contributed by atoms with Crippen molar-refractivity contribution in [3.63, 3.8) is 0 Å². The molecule has 18 heavy (non-hydrogen) atoms. The fraction of sp³-hybridized carbons (Fsp3) is 0.933. The molecule has 0 amide bonds. The van der Waals surface area contributed by atoms with Crippen LogP contribution >= 0.6 is 0 Å². The van der Waals surface area contributed by atoms with Crippen LogP contribution in [-0.2, 0) is 9.53 Å². The maximum absolute atomic E-state index is 11.7. The predicted molar refractivity (Wildman–Crippen MR) is 73.8 cm³/mol. The molecule has 2 N–H and O–H groups in total. The van der Waals surface area contributed by atoms with Gasteiger partial charge in [0, 0.05) is 6.42 Å². The standard InChI is InChI=1S/C15H29NO2/c1-6-10(2)14(17)18-13(16)9-12-8-7-11(3)15(12,4)5/h10-13H,6-9,16H2,1-5H3. The molecule has 1 rings (SSSR count). The van der Waals surface area contributed by atoms with Crippen molar-refractivity contribution < 1.29 is 9.53 Å². The number of rotatable bonds is 5. The third-order valence-corrected chi connectivity index (χ3v) is 5.07. The molecule has 3 heteroatoms. The van der Waals surface area contributed by atoms with E-state index < -0.39 is 6.23 Å². The van der Waals surface area contributed by atoms with Crippen LogP contribution in [0.15, 0.2) is 0 Å². The topological polar surface area (TPSA) is 52.3 Å². The first kappa shape index (κ1) is 15.5. The molecule has 0 aliphatic heterocycles. The van der Waals surface area contributed by atoms with Gasteiger partial charge in [0.25, 0.3) is 0 Å². The third kappa shape index (κ3) is 3.47. The predicted octanol–water partition coefficient (Wildman–Crippen LogP) is 3.32. The summed E-state index contributed by atoms with van der Waals surface area (Å²) in [5, 5.41) is 0. The van der Waals surface area contributed by atoms with Gasteiger partial charge in [-0.2, -0.15) is 0 Å². The lowest BCUT2D eigenvalue weighted by Crippen LogP contribution is -2.35. The molecule has 1 aliphatic rings. The molecule has 1 fully saturated rings. The molecule has 4 unspecified atom stereocenters. The van der Waals surface area contributed by atoms with Crippen molar-refractivity contribution in [1.29, 1.82) is 0 Å². The van der Waals surface area contributed by atoms with E-state index in [0.717, 1.165) is 18.8 Å². The van der Waals surface area contributed by atoms with Crippen LogP contribution in [0.5, 0.6) is 0 Å². The van der Waals surface area contributed by atoms with Gasteiger partial charge in [-0.3, -0.25) is 10.5 Å². The largest absolute Gasteiger partial charge is 0.447 e. The first-order valence-corrected chi connectivity index (χ1v) is 7.25. The molecule has 3 nitrogen and oxygen atoms in total. The Morgan fingerprint density at radius 3 is 2.50 bits per heavy atom. The van der Waals surface area contributed by atoms with Gasteiger partial charge in [-0.1, -0.05) is 34.6 Å². The number of carbonyl (C=O) groups is 1. The van der Waals surface area contributed by atoms with Crippen molar-refractivity contribution in [1.82, 2.24) is 0 Å². The quantitative estimate of drug-likeness (QED) is 0.605. The van der Waals surface area contributed by atoms with Crippen LogP contribution in [0.25, 0.3) is 0 Å². The van der Waals surface area contributed by atoms with Gasteiger partial charge in [-0.25, -0.2) is 0 Å². The molecule has 1 saturated carbocycles. The Hall–Kier alpha value is -0.570. The highest BCUT2D eigenvalue weighted by molar-refractivity contribution is 5.72. The van der Waals surface area contributed by atoms with Crippen LogP contribution in [0.4, 0.5) is 0 Å². The Kier molecular flexibility index (Phi) is 5.20. The smallest absolute Gasteiger partial charge is 0.310 e. The highest BCUT2D eigenvalue weighted by atomic mass is 16.6. The maximum atomic E-state index is 11.7. The van der Waals surface area contributed by atoms with E-state index in [2.05, 4.69) is 20.8 Å². The first-order chi connectivity index (χ1) is 8.28. The number of ether oxygens (including phenoxy) is 1. The van der Waals surface area contributed by atoms with E-state index in [0.29, 0.717) is 11.3 Å². The van der Waals surface area contributed by atoms with E-state index >= 15 is 0 Å². The Balaban J connectivity index is 2.46. The summed E-state index contributed by atoms with van der Waals surface area (Å²) in [4.78, 5) is 11.7.